The molecule has 17 heavy (non-hydrogen) atoms. The quantitative estimate of drug-likeness (QED) is 0.755. The van der Waals surface area contributed by atoms with Crippen molar-refractivity contribution < 1.29 is 15.0 Å². The summed E-state index contributed by atoms with van der Waals surface area (Å²) in [6.45, 7) is 2.74. The van der Waals surface area contributed by atoms with Gasteiger partial charge in [-0.3, -0.25) is 4.79 Å². The maximum atomic E-state index is 11.7. The first-order valence-electron chi connectivity index (χ1n) is 5.54. The Morgan fingerprint density at radius 3 is 2.53 bits per heavy atom. The van der Waals surface area contributed by atoms with E-state index in [2.05, 4.69) is 0 Å². The molecular formula is C13H17NO3. The number of carbonyl (C=O) groups is 1. The highest BCUT2D eigenvalue weighted by Gasteiger charge is 2.06. The van der Waals surface area contributed by atoms with Crippen molar-refractivity contribution in [2.75, 3.05) is 19.7 Å². The molecule has 0 saturated heterocycles. The molecule has 0 unspecified atom stereocenters. The number of benzene rings is 1. The summed E-state index contributed by atoms with van der Waals surface area (Å²) < 4.78 is 0. The van der Waals surface area contributed by atoms with Crippen LogP contribution in [-0.4, -0.2) is 40.7 Å². The molecule has 1 aromatic carbocycles. The lowest BCUT2D eigenvalue weighted by molar-refractivity contribution is -0.126. The third kappa shape index (κ3) is 4.28. The lowest BCUT2D eigenvalue weighted by Crippen LogP contribution is -2.31. The fourth-order valence-electron chi connectivity index (χ4n) is 1.40. The van der Waals surface area contributed by atoms with Crippen LogP contribution in [0.25, 0.3) is 6.08 Å². The number of aliphatic hydroxyl groups is 1. The van der Waals surface area contributed by atoms with E-state index in [1.54, 1.807) is 35.2 Å². The molecule has 0 saturated carbocycles. The van der Waals surface area contributed by atoms with Crippen LogP contribution in [0.3, 0.4) is 0 Å². The molecule has 0 aliphatic carbocycles. The van der Waals surface area contributed by atoms with E-state index in [9.17, 15) is 4.79 Å². The molecule has 1 rings (SSSR count). The molecular weight excluding hydrogens is 218 g/mol. The van der Waals surface area contributed by atoms with Crippen molar-refractivity contribution in [2.45, 2.75) is 6.92 Å². The van der Waals surface area contributed by atoms with Crippen molar-refractivity contribution in [2.24, 2.45) is 0 Å². The molecule has 1 aromatic rings. The van der Waals surface area contributed by atoms with Crippen LogP contribution in [0.1, 0.15) is 12.5 Å². The van der Waals surface area contributed by atoms with Crippen molar-refractivity contribution in [3.63, 3.8) is 0 Å². The number of likely N-dealkylation sites (N-methyl/N-ethyl adjacent to an activating group) is 1. The van der Waals surface area contributed by atoms with Crippen LogP contribution in [0.5, 0.6) is 5.75 Å². The normalized spacial score (nSPS) is 10.7. The molecule has 0 aromatic heterocycles. The Morgan fingerprint density at radius 1 is 1.35 bits per heavy atom. The zero-order chi connectivity index (χ0) is 12.7. The van der Waals surface area contributed by atoms with Crippen LogP contribution < -0.4 is 0 Å². The molecule has 0 spiro atoms. The number of hydrogen-bond donors (Lipinski definition) is 2. The second kappa shape index (κ2) is 6.70. The van der Waals surface area contributed by atoms with Gasteiger partial charge in [0.25, 0.3) is 0 Å². The number of aliphatic hydroxyl groups excluding tert-OH is 1. The summed E-state index contributed by atoms with van der Waals surface area (Å²) in [7, 11) is 0. The molecule has 0 aliphatic rings. The van der Waals surface area contributed by atoms with Crippen molar-refractivity contribution in [1.29, 1.82) is 0 Å². The van der Waals surface area contributed by atoms with Crippen molar-refractivity contribution in [1.82, 2.24) is 4.90 Å². The van der Waals surface area contributed by atoms with Gasteiger partial charge in [-0.25, -0.2) is 0 Å². The molecule has 0 radical (unpaired) electrons. The van der Waals surface area contributed by atoms with Crippen molar-refractivity contribution >= 4 is 12.0 Å². The number of rotatable bonds is 5. The molecule has 0 heterocycles. The van der Waals surface area contributed by atoms with E-state index < -0.39 is 0 Å². The lowest BCUT2D eigenvalue weighted by Gasteiger charge is -2.17. The third-order valence-electron chi connectivity index (χ3n) is 2.37. The summed E-state index contributed by atoms with van der Waals surface area (Å²) in [6, 6.07) is 6.58. The van der Waals surface area contributed by atoms with Gasteiger partial charge in [0.05, 0.1) is 6.61 Å². The predicted octanol–water partition coefficient (Wildman–Crippen LogP) is 1.25. The first-order chi connectivity index (χ1) is 8.17. The van der Waals surface area contributed by atoms with Crippen LogP contribution in [-0.2, 0) is 4.79 Å². The molecule has 4 nitrogen and oxygen atoms in total. The minimum atomic E-state index is -0.130. The fraction of sp³-hybridized carbons (Fsp3) is 0.308. The summed E-state index contributed by atoms with van der Waals surface area (Å²) in [5.41, 5.74) is 0.844. The molecule has 2 N–H and O–H groups in total. The van der Waals surface area contributed by atoms with Crippen LogP contribution in [0.15, 0.2) is 30.3 Å². The highest BCUT2D eigenvalue weighted by atomic mass is 16.3. The molecule has 1 amide bonds. The molecule has 0 aliphatic heterocycles. The van der Waals surface area contributed by atoms with E-state index in [1.807, 2.05) is 6.92 Å². The first-order valence-corrected chi connectivity index (χ1v) is 5.54. The van der Waals surface area contributed by atoms with Gasteiger partial charge in [-0.1, -0.05) is 12.1 Å². The van der Waals surface area contributed by atoms with Gasteiger partial charge in [0, 0.05) is 19.2 Å². The maximum absolute atomic E-state index is 11.7. The van der Waals surface area contributed by atoms with E-state index in [0.29, 0.717) is 13.1 Å². The van der Waals surface area contributed by atoms with Gasteiger partial charge in [-0.15, -0.1) is 0 Å². The Morgan fingerprint density at radius 2 is 2.00 bits per heavy atom. The summed E-state index contributed by atoms with van der Waals surface area (Å²) in [6.07, 6.45) is 3.15. The number of phenols is 1. The Bertz CT molecular complexity index is 384. The number of phenolic OH excluding ortho intramolecular Hbond substituents is 1. The number of amides is 1. The van der Waals surface area contributed by atoms with Crippen LogP contribution in [0, 0.1) is 0 Å². The number of aromatic hydroxyl groups is 1. The maximum Gasteiger partial charge on any atom is 0.246 e. The number of hydrogen-bond acceptors (Lipinski definition) is 3. The molecule has 4 heteroatoms. The van der Waals surface area contributed by atoms with Gasteiger partial charge in [-0.2, -0.15) is 0 Å². The zero-order valence-corrected chi connectivity index (χ0v) is 9.84. The predicted molar refractivity (Wildman–Crippen MR) is 66.5 cm³/mol. The van der Waals surface area contributed by atoms with Crippen LogP contribution in [0.4, 0.5) is 0 Å². The highest BCUT2D eigenvalue weighted by Crippen LogP contribution is 2.10. The average Bonchev–Trinajstić information content (AvgIpc) is 2.35. The smallest absolute Gasteiger partial charge is 0.246 e. The SMILES string of the molecule is CCN(CCO)C(=O)/C=C/c1ccc(O)cc1. The molecule has 92 valence electrons. The standard InChI is InChI=1S/C13H17NO3/c1-2-14(9-10-15)13(17)8-5-11-3-6-12(16)7-4-11/h3-8,15-16H,2,9-10H2,1H3/b8-5+. The first kappa shape index (κ1) is 13.3. The zero-order valence-electron chi connectivity index (χ0n) is 9.84. The van der Waals surface area contributed by atoms with Gasteiger partial charge in [0.15, 0.2) is 0 Å². The van der Waals surface area contributed by atoms with Crippen molar-refractivity contribution in [3.8, 4) is 5.75 Å². The van der Waals surface area contributed by atoms with E-state index in [0.717, 1.165) is 5.56 Å². The van der Waals surface area contributed by atoms with E-state index in [-0.39, 0.29) is 18.3 Å². The van der Waals surface area contributed by atoms with E-state index in [4.69, 9.17) is 10.2 Å². The van der Waals surface area contributed by atoms with E-state index >= 15 is 0 Å². The van der Waals surface area contributed by atoms with Gasteiger partial charge < -0.3 is 15.1 Å². The second-order valence-corrected chi connectivity index (χ2v) is 3.57. The Balaban J connectivity index is 2.63. The Labute approximate surface area is 101 Å². The average molecular weight is 235 g/mol. The number of nitrogens with zero attached hydrogens (tertiary/aromatic N) is 1. The molecule has 0 atom stereocenters. The topological polar surface area (TPSA) is 60.8 Å². The van der Waals surface area contributed by atoms with Gasteiger partial charge in [0.1, 0.15) is 5.75 Å². The van der Waals surface area contributed by atoms with Gasteiger partial charge in [-0.05, 0) is 30.7 Å². The summed E-state index contributed by atoms with van der Waals surface area (Å²) in [4.78, 5) is 13.2. The summed E-state index contributed by atoms with van der Waals surface area (Å²) >= 11 is 0. The summed E-state index contributed by atoms with van der Waals surface area (Å²) in [5, 5.41) is 17.9. The summed E-state index contributed by atoms with van der Waals surface area (Å²) in [5.74, 6) is 0.0681. The minimum Gasteiger partial charge on any atom is -0.508 e. The van der Waals surface area contributed by atoms with E-state index in [1.165, 1.54) is 6.08 Å². The highest BCUT2D eigenvalue weighted by molar-refractivity contribution is 5.91. The lowest BCUT2D eigenvalue weighted by atomic mass is 10.2. The minimum absolute atomic E-state index is 0.0351. The number of carbonyl (C=O) groups excluding carboxylic acids is 1. The largest absolute Gasteiger partial charge is 0.508 e. The Kier molecular flexibility index (Phi) is 5.23. The molecule has 0 bridgehead atoms. The van der Waals surface area contributed by atoms with Crippen LogP contribution in [0.2, 0.25) is 0 Å². The Hall–Kier alpha value is -1.81. The van der Waals surface area contributed by atoms with Crippen LogP contribution >= 0.6 is 0 Å². The third-order valence-corrected chi connectivity index (χ3v) is 2.37. The van der Waals surface area contributed by atoms with Crippen molar-refractivity contribution in [3.05, 3.63) is 35.9 Å². The van der Waals surface area contributed by atoms with Gasteiger partial charge >= 0.3 is 0 Å². The molecule has 0 fully saturated rings. The fourth-order valence-corrected chi connectivity index (χ4v) is 1.40. The monoisotopic (exact) mass is 235 g/mol. The second-order valence-electron chi connectivity index (χ2n) is 3.57. The van der Waals surface area contributed by atoms with Gasteiger partial charge in [0.2, 0.25) is 5.91 Å².